The maximum absolute atomic E-state index is 4.39. The second-order valence-corrected chi connectivity index (χ2v) is 6.48. The molecule has 2 nitrogen and oxygen atoms in total. The predicted octanol–water partition coefficient (Wildman–Crippen LogP) is 2.50. The highest BCUT2D eigenvalue weighted by Crippen LogP contribution is 2.33. The van der Waals surface area contributed by atoms with Gasteiger partial charge in [-0.3, -0.25) is 4.98 Å². The van der Waals surface area contributed by atoms with Crippen molar-refractivity contribution in [1.29, 1.82) is 0 Å². The zero-order chi connectivity index (χ0) is 11.4. The monoisotopic (exact) mass is 254 g/mol. The third kappa shape index (κ3) is 2.93. The molecule has 4 heteroatoms. The number of aromatic nitrogens is 1. The van der Waals surface area contributed by atoms with Gasteiger partial charge in [0.15, 0.2) is 0 Å². The molecule has 0 saturated carbocycles. The molecule has 0 spiro atoms. The predicted molar refractivity (Wildman–Crippen MR) is 74.3 cm³/mol. The number of rotatable bonds is 3. The highest BCUT2D eigenvalue weighted by Gasteiger charge is 2.24. The lowest BCUT2D eigenvalue weighted by molar-refractivity contribution is 0.590. The Kier molecular flexibility index (Phi) is 4.55. The average Bonchev–Trinajstić information content (AvgIpc) is 2.34. The maximum Gasteiger partial charge on any atom is 0.0461 e. The first kappa shape index (κ1) is 12.3. The summed E-state index contributed by atoms with van der Waals surface area (Å²) >= 11 is 4.15. The van der Waals surface area contributed by atoms with E-state index in [-0.39, 0.29) is 0 Å². The topological polar surface area (TPSA) is 24.9 Å². The van der Waals surface area contributed by atoms with Crippen LogP contribution in [0.1, 0.15) is 17.3 Å². The number of hydrogen-bond acceptors (Lipinski definition) is 4. The highest BCUT2D eigenvalue weighted by atomic mass is 32.2. The molecule has 1 saturated heterocycles. The van der Waals surface area contributed by atoms with Gasteiger partial charge in [-0.2, -0.15) is 23.5 Å². The van der Waals surface area contributed by atoms with E-state index in [0.717, 1.165) is 5.69 Å². The largest absolute Gasteiger partial charge is 0.312 e. The molecule has 1 fully saturated rings. The van der Waals surface area contributed by atoms with Gasteiger partial charge in [-0.1, -0.05) is 6.07 Å². The van der Waals surface area contributed by atoms with E-state index in [2.05, 4.69) is 46.0 Å². The lowest BCUT2D eigenvalue weighted by Crippen LogP contribution is -2.31. The number of nitrogens with one attached hydrogen (secondary N) is 1. The van der Waals surface area contributed by atoms with Gasteiger partial charge in [-0.05, 0) is 25.6 Å². The third-order valence-corrected chi connectivity index (χ3v) is 5.68. The zero-order valence-corrected chi connectivity index (χ0v) is 11.4. The molecule has 1 aliphatic heterocycles. The van der Waals surface area contributed by atoms with Crippen molar-refractivity contribution in [2.24, 2.45) is 0 Å². The van der Waals surface area contributed by atoms with Crippen LogP contribution in [0.2, 0.25) is 0 Å². The molecule has 0 amide bonds. The van der Waals surface area contributed by atoms with Crippen molar-refractivity contribution in [1.82, 2.24) is 10.3 Å². The lowest BCUT2D eigenvalue weighted by Gasteiger charge is -2.29. The van der Waals surface area contributed by atoms with E-state index in [4.69, 9.17) is 0 Å². The summed E-state index contributed by atoms with van der Waals surface area (Å²) in [6.07, 6.45) is 2.01. The minimum atomic E-state index is 0.436. The Morgan fingerprint density at radius 3 is 2.88 bits per heavy atom. The Morgan fingerprint density at radius 1 is 1.44 bits per heavy atom. The van der Waals surface area contributed by atoms with Crippen molar-refractivity contribution in [3.8, 4) is 0 Å². The SMILES string of the molecule is CNC(c1ccc(C)nc1)C1CSCCS1. The van der Waals surface area contributed by atoms with E-state index in [0.29, 0.717) is 11.3 Å². The van der Waals surface area contributed by atoms with Crippen LogP contribution in [0, 0.1) is 6.92 Å². The fourth-order valence-electron chi connectivity index (χ4n) is 1.93. The fraction of sp³-hybridized carbons (Fsp3) is 0.583. The molecule has 0 aromatic carbocycles. The summed E-state index contributed by atoms with van der Waals surface area (Å²) in [5.74, 6) is 3.81. The molecule has 0 radical (unpaired) electrons. The van der Waals surface area contributed by atoms with Gasteiger partial charge < -0.3 is 5.32 Å². The van der Waals surface area contributed by atoms with E-state index >= 15 is 0 Å². The van der Waals surface area contributed by atoms with E-state index in [1.54, 1.807) is 0 Å². The molecule has 2 atom stereocenters. The Balaban J connectivity index is 2.11. The first-order valence-electron chi connectivity index (χ1n) is 5.60. The lowest BCUT2D eigenvalue weighted by atomic mass is 10.1. The summed E-state index contributed by atoms with van der Waals surface area (Å²) in [6, 6.07) is 4.73. The molecule has 1 aromatic rings. The molecule has 88 valence electrons. The number of pyridine rings is 1. The summed E-state index contributed by atoms with van der Waals surface area (Å²) in [5, 5.41) is 4.11. The second-order valence-electron chi connectivity index (χ2n) is 3.98. The van der Waals surface area contributed by atoms with Crippen LogP contribution in [0.3, 0.4) is 0 Å². The standard InChI is InChI=1S/C12H18N2S2/c1-9-3-4-10(7-14-9)12(13-2)11-8-15-5-6-16-11/h3-4,7,11-13H,5-6,8H2,1-2H3. The van der Waals surface area contributed by atoms with Crippen molar-refractivity contribution >= 4 is 23.5 Å². The number of aryl methyl sites for hydroxylation is 1. The van der Waals surface area contributed by atoms with Crippen molar-refractivity contribution in [2.75, 3.05) is 24.3 Å². The summed E-state index contributed by atoms with van der Waals surface area (Å²) < 4.78 is 0. The summed E-state index contributed by atoms with van der Waals surface area (Å²) in [4.78, 5) is 4.39. The van der Waals surface area contributed by atoms with Crippen molar-refractivity contribution < 1.29 is 0 Å². The molecule has 1 aliphatic rings. The van der Waals surface area contributed by atoms with Crippen LogP contribution in [-0.4, -0.2) is 34.5 Å². The van der Waals surface area contributed by atoms with Gasteiger partial charge in [0.2, 0.25) is 0 Å². The molecule has 1 aromatic heterocycles. The Hall–Kier alpha value is -0.190. The number of thioether (sulfide) groups is 2. The van der Waals surface area contributed by atoms with Gasteiger partial charge in [0.25, 0.3) is 0 Å². The molecule has 2 heterocycles. The Bertz CT molecular complexity index is 320. The zero-order valence-electron chi connectivity index (χ0n) is 9.77. The first-order valence-corrected chi connectivity index (χ1v) is 7.81. The second kappa shape index (κ2) is 5.94. The van der Waals surface area contributed by atoms with Crippen LogP contribution in [0.5, 0.6) is 0 Å². The van der Waals surface area contributed by atoms with Crippen LogP contribution < -0.4 is 5.32 Å². The summed E-state index contributed by atoms with van der Waals surface area (Å²) in [6.45, 7) is 2.03. The molecule has 1 N–H and O–H groups in total. The number of nitrogens with zero attached hydrogens (tertiary/aromatic N) is 1. The quantitative estimate of drug-likeness (QED) is 0.896. The minimum absolute atomic E-state index is 0.436. The molecule has 2 unspecified atom stereocenters. The molecular formula is C12H18N2S2. The Morgan fingerprint density at radius 2 is 2.31 bits per heavy atom. The van der Waals surface area contributed by atoms with Crippen LogP contribution in [0.15, 0.2) is 18.3 Å². The Labute approximate surface area is 106 Å². The van der Waals surface area contributed by atoms with Crippen LogP contribution in [-0.2, 0) is 0 Å². The van der Waals surface area contributed by atoms with E-state index in [1.165, 1.54) is 22.8 Å². The van der Waals surface area contributed by atoms with Crippen molar-refractivity contribution in [3.05, 3.63) is 29.6 Å². The fourth-order valence-corrected chi connectivity index (χ4v) is 4.84. The summed E-state index contributed by atoms with van der Waals surface area (Å²) in [5.41, 5.74) is 2.40. The van der Waals surface area contributed by atoms with Gasteiger partial charge >= 0.3 is 0 Å². The number of hydrogen-bond donors (Lipinski definition) is 1. The third-order valence-electron chi connectivity index (χ3n) is 2.82. The first-order chi connectivity index (χ1) is 7.81. The van der Waals surface area contributed by atoms with E-state index in [1.807, 2.05) is 20.2 Å². The van der Waals surface area contributed by atoms with Crippen molar-refractivity contribution in [2.45, 2.75) is 18.2 Å². The molecule has 0 aliphatic carbocycles. The molecule has 0 bridgehead atoms. The van der Waals surface area contributed by atoms with Gasteiger partial charge in [0, 0.05) is 40.4 Å². The van der Waals surface area contributed by atoms with Gasteiger partial charge in [-0.15, -0.1) is 0 Å². The van der Waals surface area contributed by atoms with Gasteiger partial charge in [-0.25, -0.2) is 0 Å². The van der Waals surface area contributed by atoms with Crippen LogP contribution >= 0.6 is 23.5 Å². The minimum Gasteiger partial charge on any atom is -0.312 e. The van der Waals surface area contributed by atoms with Gasteiger partial charge in [0.05, 0.1) is 0 Å². The molecular weight excluding hydrogens is 236 g/mol. The van der Waals surface area contributed by atoms with Crippen LogP contribution in [0.25, 0.3) is 0 Å². The van der Waals surface area contributed by atoms with Gasteiger partial charge in [0.1, 0.15) is 0 Å². The maximum atomic E-state index is 4.39. The van der Waals surface area contributed by atoms with E-state index in [9.17, 15) is 0 Å². The normalized spacial score (nSPS) is 23.0. The van der Waals surface area contributed by atoms with E-state index < -0.39 is 0 Å². The smallest absolute Gasteiger partial charge is 0.0461 e. The summed E-state index contributed by atoms with van der Waals surface area (Å²) in [7, 11) is 2.05. The molecule has 16 heavy (non-hydrogen) atoms. The highest BCUT2D eigenvalue weighted by molar-refractivity contribution is 8.06. The molecule has 2 rings (SSSR count). The average molecular weight is 254 g/mol. The van der Waals surface area contributed by atoms with Crippen LogP contribution in [0.4, 0.5) is 0 Å². The van der Waals surface area contributed by atoms with Crippen molar-refractivity contribution in [3.63, 3.8) is 0 Å².